The Balaban J connectivity index is 0.00000200. The largest absolute Gasteiger partial charge is 0.461 e. The molecule has 2 rings (SSSR count). The van der Waals surface area contributed by atoms with E-state index in [4.69, 9.17) is 5.73 Å². The summed E-state index contributed by atoms with van der Waals surface area (Å²) in [5.41, 5.74) is 6.82. The topological polar surface area (TPSA) is 35.2 Å². The molecular weight excluding hydrogens is 298 g/mol. The van der Waals surface area contributed by atoms with E-state index in [0.717, 1.165) is 24.8 Å². The zero-order valence-electron chi connectivity index (χ0n) is 10.6. The van der Waals surface area contributed by atoms with Gasteiger partial charge >= 0.3 is 12.5 Å². The van der Waals surface area contributed by atoms with Crippen molar-refractivity contribution in [3.05, 3.63) is 29.8 Å². The van der Waals surface area contributed by atoms with Crippen molar-refractivity contribution in [1.29, 1.82) is 0 Å². The molecule has 0 saturated heterocycles. The van der Waals surface area contributed by atoms with Crippen LogP contribution in [0.15, 0.2) is 24.3 Å². The molecular formula is C13H16ClF4NO. The summed E-state index contributed by atoms with van der Waals surface area (Å²) in [6.07, 6.45) is -5.06. The average Bonchev–Trinajstić information content (AvgIpc) is 2.26. The molecule has 0 unspecified atom stereocenters. The Morgan fingerprint density at radius 3 is 2.10 bits per heavy atom. The number of nitrogens with two attached hydrogens (primary N) is 1. The van der Waals surface area contributed by atoms with Crippen LogP contribution in [0, 0.1) is 5.92 Å². The van der Waals surface area contributed by atoms with Crippen LogP contribution in [0.1, 0.15) is 30.9 Å². The summed E-state index contributed by atoms with van der Waals surface area (Å²) in [5, 5.41) is 0. The monoisotopic (exact) mass is 313 g/mol. The number of hydrogen-bond acceptors (Lipinski definition) is 2. The number of benzene rings is 1. The van der Waals surface area contributed by atoms with Gasteiger partial charge < -0.3 is 10.5 Å². The molecule has 0 radical (unpaired) electrons. The number of ether oxygens (including phenoxy) is 1. The molecule has 0 aliphatic heterocycles. The minimum atomic E-state index is -4.47. The third-order valence-corrected chi connectivity index (χ3v) is 3.43. The molecule has 1 fully saturated rings. The zero-order valence-corrected chi connectivity index (χ0v) is 11.4. The maximum Gasteiger partial charge on any atom is 0.461 e. The first kappa shape index (κ1) is 17.0. The van der Waals surface area contributed by atoms with Gasteiger partial charge in [0, 0.05) is 6.04 Å². The molecule has 1 aromatic rings. The Kier molecular flexibility index (Phi) is 5.65. The molecule has 0 heterocycles. The van der Waals surface area contributed by atoms with Gasteiger partial charge in [0.15, 0.2) is 0 Å². The van der Waals surface area contributed by atoms with E-state index in [1.807, 2.05) is 0 Å². The van der Waals surface area contributed by atoms with Gasteiger partial charge in [0.25, 0.3) is 0 Å². The summed E-state index contributed by atoms with van der Waals surface area (Å²) in [7, 11) is 0. The summed E-state index contributed by atoms with van der Waals surface area (Å²) in [5.74, 6) is 0.115. The standard InChI is InChI=1S/C13H15F4NO.ClH/c14-12(15)13(16,17)19-10-6-4-9(5-7-10)11(18)8-2-1-3-8;/h4-8,11-12H,1-3,18H2;1H/t11-;/m0./s1. The Hall–Kier alpha value is -1.01. The highest BCUT2D eigenvalue weighted by Gasteiger charge is 2.43. The first-order chi connectivity index (χ1) is 8.90. The van der Waals surface area contributed by atoms with Crippen molar-refractivity contribution in [3.8, 4) is 5.75 Å². The summed E-state index contributed by atoms with van der Waals surface area (Å²) in [6, 6.07) is 5.42. The van der Waals surface area contributed by atoms with Crippen molar-refractivity contribution in [2.24, 2.45) is 11.7 Å². The van der Waals surface area contributed by atoms with E-state index in [1.165, 1.54) is 12.1 Å². The van der Waals surface area contributed by atoms with Crippen LogP contribution in [-0.4, -0.2) is 12.5 Å². The van der Waals surface area contributed by atoms with Crippen molar-refractivity contribution >= 4 is 12.4 Å². The molecule has 1 aliphatic rings. The van der Waals surface area contributed by atoms with Crippen molar-refractivity contribution in [2.75, 3.05) is 0 Å². The summed E-state index contributed by atoms with van der Waals surface area (Å²) in [4.78, 5) is 0. The number of alkyl halides is 4. The molecule has 0 amide bonds. The fourth-order valence-electron chi connectivity index (χ4n) is 2.03. The summed E-state index contributed by atoms with van der Waals surface area (Å²) >= 11 is 0. The highest BCUT2D eigenvalue weighted by atomic mass is 35.5. The van der Waals surface area contributed by atoms with Crippen LogP contribution in [0.2, 0.25) is 0 Å². The highest BCUT2D eigenvalue weighted by Crippen LogP contribution is 2.36. The van der Waals surface area contributed by atoms with E-state index in [9.17, 15) is 17.6 Å². The Bertz CT molecular complexity index is 423. The molecule has 1 aromatic carbocycles. The van der Waals surface area contributed by atoms with Crippen LogP contribution in [0.3, 0.4) is 0 Å². The second-order valence-electron chi connectivity index (χ2n) is 4.75. The van der Waals surface area contributed by atoms with Crippen molar-refractivity contribution in [3.63, 3.8) is 0 Å². The van der Waals surface area contributed by atoms with Crippen molar-refractivity contribution in [2.45, 2.75) is 37.8 Å². The van der Waals surface area contributed by atoms with Gasteiger partial charge in [0.05, 0.1) is 0 Å². The Morgan fingerprint density at radius 1 is 1.15 bits per heavy atom. The normalized spacial score (nSPS) is 17.3. The molecule has 0 spiro atoms. The Labute approximate surface area is 120 Å². The summed E-state index contributed by atoms with van der Waals surface area (Å²) < 4.78 is 53.3. The van der Waals surface area contributed by atoms with Crippen LogP contribution in [0.5, 0.6) is 5.75 Å². The van der Waals surface area contributed by atoms with Gasteiger partial charge in [0.1, 0.15) is 5.75 Å². The van der Waals surface area contributed by atoms with E-state index >= 15 is 0 Å². The number of halogens is 5. The lowest BCUT2D eigenvalue weighted by molar-refractivity contribution is -0.253. The average molecular weight is 314 g/mol. The van der Waals surface area contributed by atoms with E-state index in [-0.39, 0.29) is 24.2 Å². The fraction of sp³-hybridized carbons (Fsp3) is 0.538. The molecule has 20 heavy (non-hydrogen) atoms. The van der Waals surface area contributed by atoms with Crippen LogP contribution in [0.4, 0.5) is 17.6 Å². The van der Waals surface area contributed by atoms with Gasteiger partial charge in [-0.2, -0.15) is 17.6 Å². The lowest BCUT2D eigenvalue weighted by Gasteiger charge is -2.31. The van der Waals surface area contributed by atoms with E-state index in [1.54, 1.807) is 12.1 Å². The van der Waals surface area contributed by atoms with Crippen LogP contribution in [-0.2, 0) is 0 Å². The highest BCUT2D eigenvalue weighted by molar-refractivity contribution is 5.85. The van der Waals surface area contributed by atoms with Gasteiger partial charge in [-0.25, -0.2) is 0 Å². The second kappa shape index (κ2) is 6.63. The molecule has 1 saturated carbocycles. The number of rotatable bonds is 5. The Morgan fingerprint density at radius 2 is 1.70 bits per heavy atom. The predicted octanol–water partition coefficient (Wildman–Crippen LogP) is 4.15. The van der Waals surface area contributed by atoms with Crippen molar-refractivity contribution < 1.29 is 22.3 Å². The lowest BCUT2D eigenvalue weighted by atomic mass is 9.78. The molecule has 114 valence electrons. The quantitative estimate of drug-likeness (QED) is 0.829. The first-order valence-electron chi connectivity index (χ1n) is 6.10. The van der Waals surface area contributed by atoms with Crippen LogP contribution >= 0.6 is 12.4 Å². The maximum absolute atomic E-state index is 12.7. The fourth-order valence-corrected chi connectivity index (χ4v) is 2.03. The van der Waals surface area contributed by atoms with Gasteiger partial charge in [-0.05, 0) is 36.5 Å². The van der Waals surface area contributed by atoms with Gasteiger partial charge in [-0.3, -0.25) is 0 Å². The number of hydrogen-bond donors (Lipinski definition) is 1. The van der Waals surface area contributed by atoms with E-state index in [0.29, 0.717) is 5.92 Å². The minimum Gasteiger partial charge on any atom is -0.428 e. The maximum atomic E-state index is 12.7. The first-order valence-corrected chi connectivity index (χ1v) is 6.10. The molecule has 2 N–H and O–H groups in total. The van der Waals surface area contributed by atoms with E-state index < -0.39 is 12.5 Å². The van der Waals surface area contributed by atoms with Gasteiger partial charge in [0.2, 0.25) is 0 Å². The third-order valence-electron chi connectivity index (χ3n) is 3.43. The van der Waals surface area contributed by atoms with Gasteiger partial charge in [-0.15, -0.1) is 12.4 Å². The van der Waals surface area contributed by atoms with Crippen LogP contribution in [0.25, 0.3) is 0 Å². The van der Waals surface area contributed by atoms with Crippen molar-refractivity contribution in [1.82, 2.24) is 0 Å². The lowest BCUT2D eigenvalue weighted by Crippen LogP contribution is -2.33. The minimum absolute atomic E-state index is 0. The molecule has 2 nitrogen and oxygen atoms in total. The van der Waals surface area contributed by atoms with Crippen LogP contribution < -0.4 is 10.5 Å². The molecule has 0 aromatic heterocycles. The third kappa shape index (κ3) is 3.76. The van der Waals surface area contributed by atoms with E-state index in [2.05, 4.69) is 4.74 Å². The molecule has 1 atom stereocenters. The smallest absolute Gasteiger partial charge is 0.428 e. The second-order valence-corrected chi connectivity index (χ2v) is 4.75. The SMILES string of the molecule is Cl.N[C@H](c1ccc(OC(F)(F)C(F)F)cc1)C1CCC1. The summed E-state index contributed by atoms with van der Waals surface area (Å²) in [6.45, 7) is 0. The van der Waals surface area contributed by atoms with Gasteiger partial charge in [-0.1, -0.05) is 18.6 Å². The molecule has 7 heteroatoms. The molecule has 0 bridgehead atoms. The molecule has 1 aliphatic carbocycles. The zero-order chi connectivity index (χ0) is 14.0. The predicted molar refractivity (Wildman–Crippen MR) is 69.5 cm³/mol.